The number of hydrogen-bond donors (Lipinski definition) is 3. The molecule has 102 heavy (non-hydrogen) atoms. The standard InChI is InChI=1S/C25H29N5O4.C23H32N4O4.C18H24N4O2.C8H7ClO2.Li.H2O/c1-33-24(31)22(29-25(32)34-17-18-6-3-2-4-7-18)14-19-15-27-30(16-19)13-11-21-10-9-20-8-5-12-26-23(20)28-21;1-16(21(28)30-5)13-17-14-24-26(15-17)12-10-19-9-8-18-7-6-11-27(20(18)25-19)22(29)31-23(2,3)4;1-24-18(23)16(19)10-13-11-20-22(12-13)9-8-15-7-6-14-4-2-3-5-17(14)21-15;9-8(10)11-6-7-4-2-1-3-5-7;;/h2-4,6-7,9-10,15-16,22H,5,8,11-14,17H2,1H3,(H,26,28)(H,29,32);8-9,14-16H,6-7,10-13H2,1-5H3;6-7,11-12,16H,2-5,8-10,19H2,1H3;1-5H,6H2;;1H2/q;;;;+1;/p-1. The number of benzene rings is 2. The second kappa shape index (κ2) is 41.5. The number of hydrogen-bond acceptors (Lipinski definition) is 21. The first-order chi connectivity index (χ1) is 48.2. The number of alkyl carbamates (subject to hydrolysis) is 1. The number of methoxy groups -OCH3 is 3. The van der Waals surface area contributed by atoms with Gasteiger partial charge in [-0.25, -0.2) is 29.1 Å². The van der Waals surface area contributed by atoms with Gasteiger partial charge in [-0.15, -0.1) is 0 Å². The number of rotatable bonds is 23. The Bertz CT molecular complexity index is 3960. The molecule has 11 rings (SSSR count). The van der Waals surface area contributed by atoms with Gasteiger partial charge in [-0.3, -0.25) is 33.5 Å². The summed E-state index contributed by atoms with van der Waals surface area (Å²) >= 11 is 4.97. The van der Waals surface area contributed by atoms with Crippen molar-refractivity contribution in [3.63, 3.8) is 0 Å². The number of ether oxygens (including phenoxy) is 6. The predicted molar refractivity (Wildman–Crippen MR) is 378 cm³/mol. The molecule has 3 unspecified atom stereocenters. The normalized spacial score (nSPS) is 13.4. The van der Waals surface area contributed by atoms with Gasteiger partial charge < -0.3 is 50.3 Å². The van der Waals surface area contributed by atoms with Crippen molar-refractivity contribution in [3.05, 3.63) is 202 Å². The Morgan fingerprint density at radius 2 is 1.08 bits per heavy atom. The zero-order valence-electron chi connectivity index (χ0n) is 59.6. The van der Waals surface area contributed by atoms with Crippen molar-refractivity contribution in [3.8, 4) is 0 Å². The molecule has 2 amide bonds. The van der Waals surface area contributed by atoms with Crippen LogP contribution in [0.4, 0.5) is 26.0 Å². The summed E-state index contributed by atoms with van der Waals surface area (Å²) in [6.45, 7) is 11.4. The summed E-state index contributed by atoms with van der Waals surface area (Å²) < 4.78 is 35.2. The Morgan fingerprint density at radius 1 is 0.578 bits per heavy atom. The number of carbonyl (C=O) groups is 6. The minimum absolute atomic E-state index is 0. The maximum absolute atomic E-state index is 12.6. The maximum Gasteiger partial charge on any atom is 1.00 e. The van der Waals surface area contributed by atoms with Crippen LogP contribution in [-0.4, -0.2) is 137 Å². The van der Waals surface area contributed by atoms with Crippen molar-refractivity contribution in [1.29, 1.82) is 0 Å². The van der Waals surface area contributed by atoms with Crippen molar-refractivity contribution in [1.82, 2.24) is 49.6 Å². The summed E-state index contributed by atoms with van der Waals surface area (Å²) in [6, 6.07) is 29.8. The number of nitrogens with two attached hydrogens (primary N) is 1. The molecule has 8 heterocycles. The number of anilines is 2. The van der Waals surface area contributed by atoms with Crippen LogP contribution < -0.4 is 40.1 Å². The Kier molecular flexibility index (Phi) is 33.1. The summed E-state index contributed by atoms with van der Waals surface area (Å²) in [5.74, 6) is 0.308. The Labute approximate surface area is 612 Å². The third-order valence-electron chi connectivity index (χ3n) is 16.5. The van der Waals surface area contributed by atoms with Crippen LogP contribution in [0, 0.1) is 5.92 Å². The quantitative estimate of drug-likeness (QED) is 0.0245. The topological polar surface area (TPSA) is 333 Å². The van der Waals surface area contributed by atoms with Crippen molar-refractivity contribution >= 4 is 58.8 Å². The van der Waals surface area contributed by atoms with Gasteiger partial charge in [0.2, 0.25) is 0 Å². The third kappa shape index (κ3) is 26.8. The number of aromatic nitrogens is 9. The number of esters is 3. The molecule has 0 fully saturated rings. The molecular formula is C74H93ClLiN13O13. The molecule has 540 valence electrons. The minimum Gasteiger partial charge on any atom is -0.870 e. The number of nitrogens with one attached hydrogen (secondary N) is 2. The van der Waals surface area contributed by atoms with Crippen LogP contribution in [0.3, 0.4) is 0 Å². The smallest absolute Gasteiger partial charge is 0.870 e. The van der Waals surface area contributed by atoms with Gasteiger partial charge in [0.05, 0.1) is 45.8 Å². The number of aryl methyl sites for hydroxylation is 10. The summed E-state index contributed by atoms with van der Waals surface area (Å²) in [5, 5.41) is 19.1. The molecule has 2 aliphatic heterocycles. The molecule has 0 saturated heterocycles. The van der Waals surface area contributed by atoms with Crippen molar-refractivity contribution in [2.75, 3.05) is 44.6 Å². The van der Waals surface area contributed by atoms with Crippen LogP contribution >= 0.6 is 11.6 Å². The summed E-state index contributed by atoms with van der Waals surface area (Å²) in [6.07, 6.45) is 22.2. The molecule has 26 nitrogen and oxygen atoms in total. The van der Waals surface area contributed by atoms with E-state index in [-0.39, 0.29) is 62.0 Å². The molecule has 0 saturated carbocycles. The Balaban J connectivity index is 0.000000224. The number of nitrogens with zero attached hydrogens (tertiary/aromatic N) is 10. The zero-order chi connectivity index (χ0) is 71.4. The van der Waals surface area contributed by atoms with E-state index in [0.717, 1.165) is 121 Å². The van der Waals surface area contributed by atoms with Gasteiger partial charge in [-0.2, -0.15) is 15.3 Å². The van der Waals surface area contributed by atoms with Crippen LogP contribution in [0.15, 0.2) is 134 Å². The van der Waals surface area contributed by atoms with Crippen LogP contribution in [0.5, 0.6) is 0 Å². The molecule has 6 aromatic heterocycles. The van der Waals surface area contributed by atoms with Gasteiger partial charge in [0, 0.05) is 118 Å². The van der Waals surface area contributed by atoms with E-state index in [2.05, 4.69) is 65.7 Å². The van der Waals surface area contributed by atoms with E-state index < -0.39 is 41.1 Å². The predicted octanol–water partition coefficient (Wildman–Crippen LogP) is 7.28. The number of carbonyl (C=O) groups excluding carboxylic acids is 6. The average Bonchev–Trinajstić information content (AvgIpc) is 0.980. The molecular weight excluding hydrogens is 1320 g/mol. The van der Waals surface area contributed by atoms with E-state index in [0.29, 0.717) is 44.7 Å². The molecule has 28 heteroatoms. The van der Waals surface area contributed by atoms with Crippen molar-refractivity contribution in [2.24, 2.45) is 11.7 Å². The number of halogens is 1. The molecule has 0 radical (unpaired) electrons. The van der Waals surface area contributed by atoms with E-state index >= 15 is 0 Å². The molecule has 5 N–H and O–H groups in total. The Hall–Kier alpha value is -9.45. The van der Waals surface area contributed by atoms with Gasteiger partial charge in [0.15, 0.2) is 0 Å². The van der Waals surface area contributed by atoms with Crippen LogP contribution in [-0.2, 0) is 140 Å². The van der Waals surface area contributed by atoms with Gasteiger partial charge in [0.25, 0.3) is 0 Å². The van der Waals surface area contributed by atoms with Crippen LogP contribution in [0.25, 0.3) is 0 Å². The van der Waals surface area contributed by atoms with E-state index in [4.69, 9.17) is 51.2 Å². The average molecular weight is 1420 g/mol. The number of amides is 2. The Morgan fingerprint density at radius 3 is 1.65 bits per heavy atom. The molecule has 0 bridgehead atoms. The van der Waals surface area contributed by atoms with E-state index in [1.54, 1.807) is 23.5 Å². The molecule has 8 aromatic rings. The van der Waals surface area contributed by atoms with E-state index in [1.807, 2.05) is 127 Å². The number of fused-ring (bicyclic) bond motifs is 3. The van der Waals surface area contributed by atoms with Crippen molar-refractivity contribution in [2.45, 2.75) is 168 Å². The third-order valence-corrected chi connectivity index (χ3v) is 16.6. The minimum atomic E-state index is -0.876. The molecule has 1 aliphatic carbocycles. The van der Waals surface area contributed by atoms with Crippen LogP contribution in [0.1, 0.15) is 121 Å². The largest absolute Gasteiger partial charge is 1.00 e. The van der Waals surface area contributed by atoms with Gasteiger partial charge in [-0.05, 0) is 141 Å². The second-order valence-electron chi connectivity index (χ2n) is 25.5. The van der Waals surface area contributed by atoms with E-state index in [1.165, 1.54) is 51.0 Å². The summed E-state index contributed by atoms with van der Waals surface area (Å²) in [5.41, 5.74) is 17.0. The molecule has 3 aliphatic rings. The SMILES string of the molecule is COC(=O)C(C)Cc1cnn(CCc2ccc3c(n2)N(C(=O)OC(C)(C)C)CCC3)c1.COC(=O)C(Cc1cnn(CCc2ccc3c(n2)NCCC3)c1)NC(=O)OCc1ccccc1.COC(=O)C(N)Cc1cnn(CCc2ccc3c(n2)CCCC3)c1.O=C(Cl)OCc1ccccc1.[Li+].[OH-]. The maximum atomic E-state index is 12.6. The fraction of sp³-hybridized carbons (Fsp3) is 0.432. The second-order valence-corrected chi connectivity index (χ2v) is 25.8. The summed E-state index contributed by atoms with van der Waals surface area (Å²) in [7, 11) is 4.03. The van der Waals surface area contributed by atoms with Gasteiger partial charge >= 0.3 is 54.4 Å². The first-order valence-corrected chi connectivity index (χ1v) is 34.1. The van der Waals surface area contributed by atoms with Gasteiger partial charge in [-0.1, -0.05) is 85.8 Å². The van der Waals surface area contributed by atoms with Gasteiger partial charge in [0.1, 0.15) is 42.5 Å². The first-order valence-electron chi connectivity index (χ1n) is 33.8. The zero-order valence-corrected chi connectivity index (χ0v) is 60.3. The molecule has 0 spiro atoms. The molecule has 2 aromatic carbocycles. The first kappa shape index (κ1) is 81.5. The fourth-order valence-electron chi connectivity index (χ4n) is 11.3. The summed E-state index contributed by atoms with van der Waals surface area (Å²) in [4.78, 5) is 86.2. The number of pyridine rings is 3. The van der Waals surface area contributed by atoms with Crippen LogP contribution in [0.2, 0.25) is 0 Å². The monoisotopic (exact) mass is 1410 g/mol. The van der Waals surface area contributed by atoms with Crippen molar-refractivity contribution < 1.29 is 81.5 Å². The van der Waals surface area contributed by atoms with E-state index in [9.17, 15) is 28.8 Å². The molecule has 3 atom stereocenters. The fourth-order valence-corrected chi connectivity index (χ4v) is 11.4.